The molecule has 0 bridgehead atoms. The number of nitrogens with zero attached hydrogens (tertiary/aromatic N) is 1. The van der Waals surface area contributed by atoms with E-state index in [1.807, 2.05) is 0 Å². The second-order valence-electron chi connectivity index (χ2n) is 6.01. The molecule has 0 radical (unpaired) electrons. The Hall–Kier alpha value is -2.83. The number of piperidine rings is 1. The summed E-state index contributed by atoms with van der Waals surface area (Å²) in [5.74, 6) is -0.580. The van der Waals surface area contributed by atoms with Crippen LogP contribution in [0.2, 0.25) is 0 Å². The summed E-state index contributed by atoms with van der Waals surface area (Å²) >= 11 is 0. The van der Waals surface area contributed by atoms with Crippen LogP contribution in [0.4, 0.5) is 19.3 Å². The van der Waals surface area contributed by atoms with Crippen molar-refractivity contribution in [3.63, 3.8) is 0 Å². The van der Waals surface area contributed by atoms with Gasteiger partial charge in [-0.3, -0.25) is 0 Å². The summed E-state index contributed by atoms with van der Waals surface area (Å²) in [5, 5.41) is 2.73. The average Bonchev–Trinajstić information content (AvgIpc) is 2.65. The number of halogens is 2. The standard InChI is InChI=1S/C19H20F2N2O3/c1-25-18-12-13(6-7-16(18)21)22-19(24)23-10-8-14(9-11-23)26-17-5-3-2-4-15(17)20/h2-7,12,14H,8-11H2,1H3,(H,22,24). The lowest BCUT2D eigenvalue weighted by molar-refractivity contribution is 0.112. The third-order valence-electron chi connectivity index (χ3n) is 4.26. The monoisotopic (exact) mass is 362 g/mol. The maximum atomic E-state index is 13.6. The number of carbonyl (C=O) groups is 1. The highest BCUT2D eigenvalue weighted by atomic mass is 19.1. The van der Waals surface area contributed by atoms with Crippen molar-refractivity contribution in [3.05, 3.63) is 54.1 Å². The van der Waals surface area contributed by atoms with E-state index >= 15 is 0 Å². The highest BCUT2D eigenvalue weighted by Crippen LogP contribution is 2.24. The third-order valence-corrected chi connectivity index (χ3v) is 4.26. The molecule has 0 aromatic heterocycles. The molecule has 0 saturated carbocycles. The highest BCUT2D eigenvalue weighted by molar-refractivity contribution is 5.89. The van der Waals surface area contributed by atoms with E-state index in [2.05, 4.69) is 5.32 Å². The Labute approximate surface area is 150 Å². The van der Waals surface area contributed by atoms with Gasteiger partial charge in [0.05, 0.1) is 7.11 Å². The smallest absolute Gasteiger partial charge is 0.321 e. The van der Waals surface area contributed by atoms with Crippen LogP contribution in [-0.2, 0) is 0 Å². The largest absolute Gasteiger partial charge is 0.494 e. The van der Waals surface area contributed by atoms with Crippen LogP contribution in [0.1, 0.15) is 12.8 Å². The van der Waals surface area contributed by atoms with Gasteiger partial charge in [0, 0.05) is 37.7 Å². The molecular formula is C19H20F2N2O3. The molecule has 138 valence electrons. The number of likely N-dealkylation sites (tertiary alicyclic amines) is 1. The fourth-order valence-corrected chi connectivity index (χ4v) is 2.84. The first-order chi connectivity index (χ1) is 12.6. The van der Waals surface area contributed by atoms with E-state index in [9.17, 15) is 13.6 Å². The van der Waals surface area contributed by atoms with Gasteiger partial charge >= 0.3 is 6.03 Å². The van der Waals surface area contributed by atoms with E-state index in [1.54, 1.807) is 23.1 Å². The van der Waals surface area contributed by atoms with Crippen LogP contribution < -0.4 is 14.8 Å². The van der Waals surface area contributed by atoms with Crippen LogP contribution in [0.15, 0.2) is 42.5 Å². The molecule has 0 spiro atoms. The molecule has 3 rings (SSSR count). The van der Waals surface area contributed by atoms with E-state index < -0.39 is 11.6 Å². The van der Waals surface area contributed by atoms with Gasteiger partial charge in [0.25, 0.3) is 0 Å². The molecule has 1 aliphatic rings. The Balaban J connectivity index is 1.53. The molecule has 1 heterocycles. The van der Waals surface area contributed by atoms with Crippen molar-refractivity contribution >= 4 is 11.7 Å². The normalized spacial score (nSPS) is 14.8. The van der Waals surface area contributed by atoms with Crippen LogP contribution in [0.25, 0.3) is 0 Å². The number of nitrogens with one attached hydrogen (secondary N) is 1. The molecule has 1 fully saturated rings. The minimum absolute atomic E-state index is 0.0693. The van der Waals surface area contributed by atoms with Crippen LogP contribution >= 0.6 is 0 Å². The number of methoxy groups -OCH3 is 1. The fraction of sp³-hybridized carbons (Fsp3) is 0.316. The topological polar surface area (TPSA) is 50.8 Å². The Morgan fingerprint density at radius 2 is 1.77 bits per heavy atom. The van der Waals surface area contributed by atoms with Crippen molar-refractivity contribution in [2.75, 3.05) is 25.5 Å². The molecule has 1 saturated heterocycles. The highest BCUT2D eigenvalue weighted by Gasteiger charge is 2.24. The number of ether oxygens (including phenoxy) is 2. The molecular weight excluding hydrogens is 342 g/mol. The second kappa shape index (κ2) is 8.03. The number of hydrogen-bond donors (Lipinski definition) is 1. The summed E-state index contributed by atoms with van der Waals surface area (Å²) in [6, 6.07) is 10.2. The van der Waals surface area contributed by atoms with Gasteiger partial charge in [-0.05, 0) is 24.3 Å². The maximum absolute atomic E-state index is 13.6. The fourth-order valence-electron chi connectivity index (χ4n) is 2.84. The summed E-state index contributed by atoms with van der Waals surface area (Å²) in [4.78, 5) is 14.0. The number of rotatable bonds is 4. The first-order valence-corrected chi connectivity index (χ1v) is 8.37. The zero-order valence-electron chi connectivity index (χ0n) is 14.4. The van der Waals surface area contributed by atoms with Gasteiger partial charge in [-0.15, -0.1) is 0 Å². The number of amides is 2. The van der Waals surface area contributed by atoms with Crippen molar-refractivity contribution in [1.82, 2.24) is 4.90 Å². The third kappa shape index (κ3) is 4.22. The molecule has 0 unspecified atom stereocenters. The minimum Gasteiger partial charge on any atom is -0.494 e. The van der Waals surface area contributed by atoms with Crippen LogP contribution in [0.5, 0.6) is 11.5 Å². The molecule has 2 amide bonds. The van der Waals surface area contributed by atoms with Crippen molar-refractivity contribution < 1.29 is 23.0 Å². The Morgan fingerprint density at radius 3 is 2.46 bits per heavy atom. The molecule has 5 nitrogen and oxygen atoms in total. The molecule has 1 aliphatic heterocycles. The zero-order chi connectivity index (χ0) is 18.5. The van der Waals surface area contributed by atoms with E-state index in [0.29, 0.717) is 31.6 Å². The van der Waals surface area contributed by atoms with Gasteiger partial charge < -0.3 is 19.7 Å². The van der Waals surface area contributed by atoms with E-state index in [0.717, 1.165) is 0 Å². The second-order valence-corrected chi connectivity index (χ2v) is 6.01. The minimum atomic E-state index is -0.489. The lowest BCUT2D eigenvalue weighted by Crippen LogP contribution is -2.43. The van der Waals surface area contributed by atoms with E-state index in [4.69, 9.17) is 9.47 Å². The van der Waals surface area contributed by atoms with Gasteiger partial charge in [0.15, 0.2) is 23.1 Å². The maximum Gasteiger partial charge on any atom is 0.321 e. The summed E-state index contributed by atoms with van der Waals surface area (Å²) in [5.41, 5.74) is 0.456. The summed E-state index contributed by atoms with van der Waals surface area (Å²) in [6.07, 6.45) is 1.07. The number of urea groups is 1. The number of anilines is 1. The lowest BCUT2D eigenvalue weighted by Gasteiger charge is -2.32. The lowest BCUT2D eigenvalue weighted by atomic mass is 10.1. The zero-order valence-corrected chi connectivity index (χ0v) is 14.4. The van der Waals surface area contributed by atoms with Gasteiger partial charge in [-0.2, -0.15) is 0 Å². The Bertz CT molecular complexity index is 777. The first kappa shape index (κ1) is 18.0. The number of hydrogen-bond acceptors (Lipinski definition) is 3. The summed E-state index contributed by atoms with van der Waals surface area (Å²) < 4.78 is 37.7. The van der Waals surface area contributed by atoms with Crippen LogP contribution in [0, 0.1) is 11.6 Å². The van der Waals surface area contributed by atoms with E-state index in [-0.39, 0.29) is 23.6 Å². The SMILES string of the molecule is COc1cc(NC(=O)N2CCC(Oc3ccccc3F)CC2)ccc1F. The number of benzene rings is 2. The molecule has 2 aromatic carbocycles. The first-order valence-electron chi connectivity index (χ1n) is 8.37. The van der Waals surface area contributed by atoms with Gasteiger partial charge in [0.2, 0.25) is 0 Å². The van der Waals surface area contributed by atoms with Crippen molar-refractivity contribution in [1.29, 1.82) is 0 Å². The Morgan fingerprint density at radius 1 is 1.08 bits per heavy atom. The summed E-state index contributed by atoms with van der Waals surface area (Å²) in [7, 11) is 1.37. The van der Waals surface area contributed by atoms with Crippen LogP contribution in [-0.4, -0.2) is 37.2 Å². The molecule has 26 heavy (non-hydrogen) atoms. The molecule has 0 atom stereocenters. The number of carbonyl (C=O) groups excluding carboxylic acids is 1. The van der Waals surface area contributed by atoms with Gasteiger partial charge in [-0.1, -0.05) is 12.1 Å². The predicted molar refractivity (Wildman–Crippen MR) is 93.6 cm³/mol. The molecule has 2 aromatic rings. The molecule has 7 heteroatoms. The average molecular weight is 362 g/mol. The van der Waals surface area contributed by atoms with Crippen molar-refractivity contribution in [3.8, 4) is 11.5 Å². The van der Waals surface area contributed by atoms with Crippen LogP contribution in [0.3, 0.4) is 0 Å². The quantitative estimate of drug-likeness (QED) is 0.893. The van der Waals surface area contributed by atoms with Gasteiger partial charge in [0.1, 0.15) is 6.10 Å². The Kier molecular flexibility index (Phi) is 5.55. The molecule has 1 N–H and O–H groups in total. The van der Waals surface area contributed by atoms with Gasteiger partial charge in [-0.25, -0.2) is 13.6 Å². The predicted octanol–water partition coefficient (Wildman–Crippen LogP) is 4.05. The van der Waals surface area contributed by atoms with E-state index in [1.165, 1.54) is 31.4 Å². The number of para-hydroxylation sites is 1. The van der Waals surface area contributed by atoms with Crippen molar-refractivity contribution in [2.45, 2.75) is 18.9 Å². The molecule has 0 aliphatic carbocycles. The summed E-state index contributed by atoms with van der Waals surface area (Å²) in [6.45, 7) is 0.979. The van der Waals surface area contributed by atoms with Crippen molar-refractivity contribution in [2.24, 2.45) is 0 Å².